The molecule has 0 bridgehead atoms. The van der Waals surface area contributed by atoms with Gasteiger partial charge in [0.1, 0.15) is 5.01 Å². The zero-order valence-electron chi connectivity index (χ0n) is 13.0. The van der Waals surface area contributed by atoms with E-state index < -0.39 is 0 Å². The SMILES string of the molecule is CCCC(C)COCc1csc(CNC(C)(C)C)n1. The Balaban J connectivity index is 2.27. The molecule has 1 rings (SSSR count). The van der Waals surface area contributed by atoms with Gasteiger partial charge < -0.3 is 10.1 Å². The van der Waals surface area contributed by atoms with Crippen LogP contribution in [0.2, 0.25) is 0 Å². The first-order chi connectivity index (χ1) is 8.90. The van der Waals surface area contributed by atoms with E-state index in [0.29, 0.717) is 12.5 Å². The van der Waals surface area contributed by atoms with E-state index >= 15 is 0 Å². The van der Waals surface area contributed by atoms with Gasteiger partial charge in [0.15, 0.2) is 0 Å². The molecule has 0 radical (unpaired) electrons. The van der Waals surface area contributed by atoms with Gasteiger partial charge in [0.05, 0.1) is 12.3 Å². The minimum Gasteiger partial charge on any atom is -0.375 e. The van der Waals surface area contributed by atoms with Crippen LogP contribution in [0.25, 0.3) is 0 Å². The fraction of sp³-hybridized carbons (Fsp3) is 0.800. The van der Waals surface area contributed by atoms with Gasteiger partial charge in [-0.15, -0.1) is 11.3 Å². The summed E-state index contributed by atoms with van der Waals surface area (Å²) in [6.07, 6.45) is 2.46. The average molecular weight is 284 g/mol. The van der Waals surface area contributed by atoms with Crippen molar-refractivity contribution in [2.24, 2.45) is 5.92 Å². The topological polar surface area (TPSA) is 34.1 Å². The zero-order chi connectivity index (χ0) is 14.3. The van der Waals surface area contributed by atoms with E-state index in [4.69, 9.17) is 4.74 Å². The number of hydrogen-bond acceptors (Lipinski definition) is 4. The van der Waals surface area contributed by atoms with Crippen molar-refractivity contribution in [1.29, 1.82) is 0 Å². The third kappa shape index (κ3) is 7.65. The van der Waals surface area contributed by atoms with Crippen LogP contribution in [0.15, 0.2) is 5.38 Å². The number of nitrogens with zero attached hydrogens (tertiary/aromatic N) is 1. The van der Waals surface area contributed by atoms with Crippen molar-refractivity contribution in [2.45, 2.75) is 66.2 Å². The molecular formula is C15H28N2OS. The summed E-state index contributed by atoms with van der Waals surface area (Å²) in [7, 11) is 0. The van der Waals surface area contributed by atoms with Crippen molar-refractivity contribution in [2.75, 3.05) is 6.61 Å². The molecule has 0 fully saturated rings. The predicted octanol–water partition coefficient (Wildman–Crippen LogP) is 3.98. The van der Waals surface area contributed by atoms with Crippen LogP contribution in [0.3, 0.4) is 0 Å². The third-order valence-corrected chi connectivity index (χ3v) is 3.70. The van der Waals surface area contributed by atoms with E-state index in [1.807, 2.05) is 0 Å². The summed E-state index contributed by atoms with van der Waals surface area (Å²) < 4.78 is 5.72. The molecule has 0 aliphatic carbocycles. The van der Waals surface area contributed by atoms with Gasteiger partial charge in [-0.25, -0.2) is 4.98 Å². The van der Waals surface area contributed by atoms with E-state index in [-0.39, 0.29) is 5.54 Å². The molecule has 0 saturated carbocycles. The molecule has 19 heavy (non-hydrogen) atoms. The van der Waals surface area contributed by atoms with Crippen LogP contribution in [0.4, 0.5) is 0 Å². The van der Waals surface area contributed by atoms with Crippen LogP contribution in [0, 0.1) is 5.92 Å². The van der Waals surface area contributed by atoms with Gasteiger partial charge in [0, 0.05) is 24.1 Å². The lowest BCUT2D eigenvalue weighted by atomic mass is 10.1. The molecule has 1 N–H and O–H groups in total. The zero-order valence-corrected chi connectivity index (χ0v) is 13.8. The smallest absolute Gasteiger partial charge is 0.107 e. The van der Waals surface area contributed by atoms with Crippen LogP contribution in [-0.2, 0) is 17.9 Å². The molecule has 4 heteroatoms. The van der Waals surface area contributed by atoms with Gasteiger partial charge in [-0.1, -0.05) is 20.3 Å². The fourth-order valence-corrected chi connectivity index (χ4v) is 2.50. The molecule has 0 aliphatic heterocycles. The Labute approximate surface area is 121 Å². The lowest BCUT2D eigenvalue weighted by Crippen LogP contribution is -2.35. The Morgan fingerprint density at radius 1 is 1.42 bits per heavy atom. The van der Waals surface area contributed by atoms with E-state index in [0.717, 1.165) is 23.9 Å². The molecule has 1 unspecified atom stereocenters. The van der Waals surface area contributed by atoms with Crippen LogP contribution in [-0.4, -0.2) is 17.1 Å². The van der Waals surface area contributed by atoms with Crippen LogP contribution < -0.4 is 5.32 Å². The summed E-state index contributed by atoms with van der Waals surface area (Å²) in [6, 6.07) is 0. The highest BCUT2D eigenvalue weighted by Gasteiger charge is 2.10. The molecule has 3 nitrogen and oxygen atoms in total. The maximum Gasteiger partial charge on any atom is 0.107 e. The Kier molecular flexibility index (Phi) is 6.97. The molecule has 1 atom stereocenters. The largest absolute Gasteiger partial charge is 0.375 e. The van der Waals surface area contributed by atoms with Crippen LogP contribution >= 0.6 is 11.3 Å². The summed E-state index contributed by atoms with van der Waals surface area (Å²) in [5.41, 5.74) is 1.19. The van der Waals surface area contributed by atoms with Crippen molar-refractivity contribution >= 4 is 11.3 Å². The van der Waals surface area contributed by atoms with Crippen molar-refractivity contribution in [3.05, 3.63) is 16.1 Å². The first-order valence-electron chi connectivity index (χ1n) is 7.16. The van der Waals surface area contributed by atoms with Crippen molar-refractivity contribution in [3.8, 4) is 0 Å². The summed E-state index contributed by atoms with van der Waals surface area (Å²) in [5, 5.41) is 6.69. The summed E-state index contributed by atoms with van der Waals surface area (Å²) in [5.74, 6) is 0.644. The average Bonchev–Trinajstić information content (AvgIpc) is 2.74. The number of thiazole rings is 1. The lowest BCUT2D eigenvalue weighted by Gasteiger charge is -2.19. The van der Waals surface area contributed by atoms with Crippen molar-refractivity contribution < 1.29 is 4.74 Å². The van der Waals surface area contributed by atoms with Crippen LogP contribution in [0.1, 0.15) is 58.2 Å². The second-order valence-electron chi connectivity index (χ2n) is 6.25. The van der Waals surface area contributed by atoms with Gasteiger partial charge in [-0.05, 0) is 33.1 Å². The Hall–Kier alpha value is -0.450. The molecule has 0 aliphatic rings. The minimum atomic E-state index is 0.137. The first kappa shape index (κ1) is 16.6. The summed E-state index contributed by atoms with van der Waals surface area (Å²) >= 11 is 1.71. The van der Waals surface area contributed by atoms with Gasteiger partial charge in [0.2, 0.25) is 0 Å². The highest BCUT2D eigenvalue weighted by atomic mass is 32.1. The number of hydrogen-bond donors (Lipinski definition) is 1. The Morgan fingerprint density at radius 2 is 2.16 bits per heavy atom. The van der Waals surface area contributed by atoms with Crippen molar-refractivity contribution in [1.82, 2.24) is 10.3 Å². The van der Waals surface area contributed by atoms with Gasteiger partial charge in [-0.3, -0.25) is 0 Å². The highest BCUT2D eigenvalue weighted by molar-refractivity contribution is 7.09. The third-order valence-electron chi connectivity index (χ3n) is 2.80. The second kappa shape index (κ2) is 7.98. The quantitative estimate of drug-likeness (QED) is 0.784. The Bertz CT molecular complexity index is 357. The van der Waals surface area contributed by atoms with Gasteiger partial charge in [0.25, 0.3) is 0 Å². The molecule has 0 aromatic carbocycles. The first-order valence-corrected chi connectivity index (χ1v) is 8.04. The minimum absolute atomic E-state index is 0.137. The molecule has 1 aromatic rings. The van der Waals surface area contributed by atoms with Gasteiger partial charge in [-0.2, -0.15) is 0 Å². The molecule has 0 spiro atoms. The summed E-state index contributed by atoms with van der Waals surface area (Å²) in [6.45, 7) is 13.3. The molecule has 1 aromatic heterocycles. The second-order valence-corrected chi connectivity index (χ2v) is 7.19. The summed E-state index contributed by atoms with van der Waals surface area (Å²) in [4.78, 5) is 4.59. The van der Waals surface area contributed by atoms with Gasteiger partial charge >= 0.3 is 0 Å². The van der Waals surface area contributed by atoms with Crippen LogP contribution in [0.5, 0.6) is 0 Å². The van der Waals surface area contributed by atoms with E-state index in [9.17, 15) is 0 Å². The molecule has 0 saturated heterocycles. The van der Waals surface area contributed by atoms with Crippen molar-refractivity contribution in [3.63, 3.8) is 0 Å². The predicted molar refractivity (Wildman–Crippen MR) is 82.4 cm³/mol. The van der Waals surface area contributed by atoms with E-state index in [1.165, 1.54) is 12.8 Å². The molecular weight excluding hydrogens is 256 g/mol. The normalized spacial score (nSPS) is 13.7. The van der Waals surface area contributed by atoms with E-state index in [2.05, 4.69) is 50.3 Å². The maximum absolute atomic E-state index is 5.72. The molecule has 110 valence electrons. The lowest BCUT2D eigenvalue weighted by molar-refractivity contribution is 0.0874. The molecule has 0 amide bonds. The number of aromatic nitrogens is 1. The maximum atomic E-state index is 5.72. The standard InChI is InChI=1S/C15H28N2OS/c1-6-7-12(2)9-18-10-13-11-19-14(17-13)8-16-15(3,4)5/h11-12,16H,6-10H2,1-5H3. The monoisotopic (exact) mass is 284 g/mol. The molecule has 1 heterocycles. The number of rotatable bonds is 8. The number of ether oxygens (including phenoxy) is 1. The fourth-order valence-electron chi connectivity index (χ4n) is 1.78. The Morgan fingerprint density at radius 3 is 2.79 bits per heavy atom. The van der Waals surface area contributed by atoms with E-state index in [1.54, 1.807) is 11.3 Å². The highest BCUT2D eigenvalue weighted by Crippen LogP contribution is 2.13. The number of nitrogens with one attached hydrogen (secondary N) is 1.